The van der Waals surface area contributed by atoms with Gasteiger partial charge >= 0.3 is 6.18 Å². The summed E-state index contributed by atoms with van der Waals surface area (Å²) in [6.07, 6.45) is -4.65. The predicted octanol–water partition coefficient (Wildman–Crippen LogP) is 1.98. The van der Waals surface area contributed by atoms with Gasteiger partial charge in [0.15, 0.2) is 0 Å². The molecule has 0 saturated carbocycles. The van der Waals surface area contributed by atoms with Gasteiger partial charge in [-0.25, -0.2) is 0 Å². The van der Waals surface area contributed by atoms with E-state index < -0.39 is 19.3 Å². The van der Waals surface area contributed by atoms with Gasteiger partial charge in [0.1, 0.15) is 0 Å². The molecular weight excluding hydrogens is 171 g/mol. The van der Waals surface area contributed by atoms with E-state index in [0.717, 1.165) is 0 Å². The Hall–Kier alpha value is 0.320. The molecule has 6 heteroatoms. The van der Waals surface area contributed by atoms with Crippen LogP contribution in [-0.4, -0.2) is 18.4 Å². The van der Waals surface area contributed by atoms with Gasteiger partial charge in [-0.1, -0.05) is 0 Å². The van der Waals surface area contributed by atoms with E-state index in [1.54, 1.807) is 0 Å². The van der Waals surface area contributed by atoms with Crippen molar-refractivity contribution in [3.05, 3.63) is 0 Å². The van der Waals surface area contributed by atoms with Crippen molar-refractivity contribution in [3.63, 3.8) is 0 Å². The Morgan fingerprint density at radius 3 is 1.89 bits per heavy atom. The van der Waals surface area contributed by atoms with Crippen molar-refractivity contribution < 1.29 is 18.0 Å². The number of halogens is 3. The Kier molecular flexibility index (Phi) is 3.04. The second kappa shape index (κ2) is 2.94. The van der Waals surface area contributed by atoms with Crippen LogP contribution in [0.2, 0.25) is 0 Å². The van der Waals surface area contributed by atoms with Gasteiger partial charge in [-0.15, -0.1) is 8.93 Å². The lowest BCUT2D eigenvalue weighted by Gasteiger charge is -2.06. The highest BCUT2D eigenvalue weighted by molar-refractivity contribution is 8.22. The molecule has 0 bridgehead atoms. The zero-order valence-electron chi connectivity index (χ0n) is 4.57. The fourth-order valence-electron chi connectivity index (χ4n) is 0.200. The third-order valence-corrected chi connectivity index (χ3v) is 2.16. The Labute approximate surface area is 53.9 Å². The van der Waals surface area contributed by atoms with Crippen LogP contribution in [0.15, 0.2) is 0 Å². The van der Waals surface area contributed by atoms with Gasteiger partial charge in [0.2, 0.25) is 0 Å². The minimum Gasteiger partial charge on any atom is -0.284 e. The molecular formula is C3H5F3OP2. The quantitative estimate of drug-likeness (QED) is 0.558. The van der Waals surface area contributed by atoms with Crippen LogP contribution in [0.25, 0.3) is 0 Å². The van der Waals surface area contributed by atoms with Crippen LogP contribution >= 0.6 is 16.5 Å². The number of carbonyl (C=O) groups is 1. The Morgan fingerprint density at radius 1 is 1.56 bits per heavy atom. The lowest BCUT2D eigenvalue weighted by molar-refractivity contribution is -0.160. The summed E-state index contributed by atoms with van der Waals surface area (Å²) in [6, 6.07) is 0. The molecule has 0 saturated heterocycles. The Balaban J connectivity index is 4.06. The molecule has 0 aromatic heterocycles. The van der Waals surface area contributed by atoms with Gasteiger partial charge in [0, 0.05) is 0 Å². The number of alkyl halides is 3. The lowest BCUT2D eigenvalue weighted by atomic mass is 10.8. The van der Waals surface area contributed by atoms with E-state index in [9.17, 15) is 18.0 Å². The zero-order chi connectivity index (χ0) is 7.65. The van der Waals surface area contributed by atoms with Crippen LogP contribution < -0.4 is 0 Å². The molecule has 0 fully saturated rings. The van der Waals surface area contributed by atoms with E-state index in [1.165, 1.54) is 6.66 Å². The molecule has 0 rings (SSSR count). The van der Waals surface area contributed by atoms with Crippen molar-refractivity contribution in [2.45, 2.75) is 6.18 Å². The van der Waals surface area contributed by atoms with Crippen molar-refractivity contribution >= 4 is 22.1 Å². The Morgan fingerprint density at radius 2 is 1.89 bits per heavy atom. The van der Waals surface area contributed by atoms with Gasteiger partial charge < -0.3 is 0 Å². The zero-order valence-corrected chi connectivity index (χ0v) is 6.62. The summed E-state index contributed by atoms with van der Waals surface area (Å²) < 4.78 is 34.1. The molecule has 0 aliphatic carbocycles. The van der Waals surface area contributed by atoms with Gasteiger partial charge in [-0.3, -0.25) is 4.79 Å². The molecule has 0 aliphatic heterocycles. The molecule has 0 heterocycles. The second-order valence-electron chi connectivity index (χ2n) is 1.41. The summed E-state index contributed by atoms with van der Waals surface area (Å²) in [5, 5.41) is 0. The molecule has 0 amide bonds. The minimum atomic E-state index is -4.65. The molecule has 0 aliphatic rings. The molecule has 0 N–H and O–H groups in total. The molecule has 54 valence electrons. The summed E-state index contributed by atoms with van der Waals surface area (Å²) in [5.74, 6) is 0. The SMILES string of the molecule is CP(P)C(=O)C(F)(F)F. The minimum absolute atomic E-state index is 1.25. The number of carbonyl (C=O) groups excluding carboxylic acids is 1. The highest BCUT2D eigenvalue weighted by Gasteiger charge is 2.39. The summed E-state index contributed by atoms with van der Waals surface area (Å²) in [5.41, 5.74) is -1.64. The van der Waals surface area contributed by atoms with Crippen molar-refractivity contribution in [2.24, 2.45) is 0 Å². The first-order valence-electron chi connectivity index (χ1n) is 1.95. The normalized spacial score (nSPS) is 15.2. The first kappa shape index (κ1) is 9.32. The highest BCUT2D eigenvalue weighted by Crippen LogP contribution is 2.46. The average Bonchev–Trinajstić information content (AvgIpc) is 1.62. The van der Waals surface area contributed by atoms with Crippen LogP contribution in [0, 0.1) is 0 Å². The van der Waals surface area contributed by atoms with Crippen LogP contribution in [0.1, 0.15) is 0 Å². The number of hydrogen-bond donors (Lipinski definition) is 0. The summed E-state index contributed by atoms with van der Waals surface area (Å²) in [4.78, 5) is 10.0. The molecule has 2 unspecified atom stereocenters. The maximum absolute atomic E-state index is 11.4. The van der Waals surface area contributed by atoms with E-state index >= 15 is 0 Å². The second-order valence-corrected chi connectivity index (χ2v) is 5.37. The monoisotopic (exact) mass is 176 g/mol. The molecule has 2 atom stereocenters. The van der Waals surface area contributed by atoms with Crippen molar-refractivity contribution in [3.8, 4) is 0 Å². The molecule has 9 heavy (non-hydrogen) atoms. The number of rotatable bonds is 1. The van der Waals surface area contributed by atoms with Crippen LogP contribution in [0.5, 0.6) is 0 Å². The van der Waals surface area contributed by atoms with Crippen molar-refractivity contribution in [2.75, 3.05) is 6.66 Å². The first-order chi connectivity index (χ1) is 3.85. The van der Waals surface area contributed by atoms with Crippen LogP contribution in [0.3, 0.4) is 0 Å². The smallest absolute Gasteiger partial charge is 0.284 e. The standard InChI is InChI=1S/C3H5F3OP2/c1-9(8)2(7)3(4,5)6/h8H2,1H3. The third-order valence-electron chi connectivity index (χ3n) is 0.563. The Bertz CT molecular complexity index is 119. The van der Waals surface area contributed by atoms with Crippen molar-refractivity contribution in [1.29, 1.82) is 0 Å². The van der Waals surface area contributed by atoms with E-state index in [-0.39, 0.29) is 0 Å². The van der Waals surface area contributed by atoms with E-state index in [4.69, 9.17) is 0 Å². The van der Waals surface area contributed by atoms with Crippen LogP contribution in [0.4, 0.5) is 13.2 Å². The highest BCUT2D eigenvalue weighted by atomic mass is 32.0. The van der Waals surface area contributed by atoms with Gasteiger partial charge in [0.25, 0.3) is 5.52 Å². The molecule has 0 aromatic carbocycles. The van der Waals surface area contributed by atoms with E-state index in [1.807, 2.05) is 8.93 Å². The maximum atomic E-state index is 11.4. The molecule has 0 aromatic rings. The van der Waals surface area contributed by atoms with Crippen molar-refractivity contribution in [1.82, 2.24) is 0 Å². The average molecular weight is 176 g/mol. The first-order valence-corrected chi connectivity index (χ1v) is 5.36. The summed E-state index contributed by atoms with van der Waals surface area (Å²) in [6.45, 7) is 1.25. The largest absolute Gasteiger partial charge is 0.454 e. The van der Waals surface area contributed by atoms with E-state index in [2.05, 4.69) is 0 Å². The van der Waals surface area contributed by atoms with Gasteiger partial charge in [-0.05, 0) is 14.3 Å². The summed E-state index contributed by atoms with van der Waals surface area (Å²) in [7, 11) is 0.258. The molecule has 1 nitrogen and oxygen atoms in total. The fourth-order valence-corrected chi connectivity index (χ4v) is 1.04. The topological polar surface area (TPSA) is 17.1 Å². The van der Waals surface area contributed by atoms with Crippen LogP contribution in [-0.2, 0) is 4.79 Å². The summed E-state index contributed by atoms with van der Waals surface area (Å²) >= 11 is 0. The fraction of sp³-hybridized carbons (Fsp3) is 0.667. The molecule has 0 spiro atoms. The molecule has 0 radical (unpaired) electrons. The lowest BCUT2D eigenvalue weighted by Crippen LogP contribution is -2.18. The van der Waals surface area contributed by atoms with Gasteiger partial charge in [-0.2, -0.15) is 13.2 Å². The van der Waals surface area contributed by atoms with Gasteiger partial charge in [0.05, 0.1) is 0 Å². The third kappa shape index (κ3) is 3.12. The maximum Gasteiger partial charge on any atom is 0.454 e. The van der Waals surface area contributed by atoms with E-state index in [0.29, 0.717) is 0 Å². The predicted molar refractivity (Wildman–Crippen MR) is 33.6 cm³/mol. The number of hydrogen-bond acceptors (Lipinski definition) is 1.